The highest BCUT2D eigenvalue weighted by Crippen LogP contribution is 2.28. The molecule has 1 aliphatic carbocycles. The van der Waals surface area contributed by atoms with Crippen LogP contribution in [0.5, 0.6) is 0 Å². The average Bonchev–Trinajstić information content (AvgIpc) is 2.35. The third-order valence-corrected chi connectivity index (χ3v) is 3.78. The highest BCUT2D eigenvalue weighted by Gasteiger charge is 2.28. The van der Waals surface area contributed by atoms with Gasteiger partial charge >= 0.3 is 0 Å². The third kappa shape index (κ3) is 3.47. The molecule has 0 aromatic carbocycles. The van der Waals surface area contributed by atoms with Crippen LogP contribution in [0.1, 0.15) is 39.5 Å². The van der Waals surface area contributed by atoms with Crippen molar-refractivity contribution in [2.24, 2.45) is 17.6 Å². The minimum absolute atomic E-state index is 0.125. The summed E-state index contributed by atoms with van der Waals surface area (Å²) in [7, 11) is 0. The maximum Gasteiger partial charge on any atom is 0.0666 e. The average molecular weight is 223 g/mol. The standard InChI is InChI=1S/C13H25N3/c1-3-16(10-11(2)8-14)13-7-5-4-6-12(13)9-15/h11-13H,3-7,9-10,15H2,1-2H3. The number of nitrogens with zero attached hydrogens (tertiary/aromatic N) is 2. The summed E-state index contributed by atoms with van der Waals surface area (Å²) in [5, 5.41) is 8.90. The molecule has 1 aliphatic rings. The van der Waals surface area contributed by atoms with E-state index < -0.39 is 0 Å². The summed E-state index contributed by atoms with van der Waals surface area (Å²) in [6, 6.07) is 2.94. The Morgan fingerprint density at radius 3 is 2.69 bits per heavy atom. The van der Waals surface area contributed by atoms with Crippen LogP contribution in [0.4, 0.5) is 0 Å². The minimum atomic E-state index is 0.125. The van der Waals surface area contributed by atoms with Gasteiger partial charge in [-0.3, -0.25) is 4.90 Å². The van der Waals surface area contributed by atoms with E-state index in [1.807, 2.05) is 6.92 Å². The molecular formula is C13H25N3. The van der Waals surface area contributed by atoms with Crippen LogP contribution in [0.15, 0.2) is 0 Å². The van der Waals surface area contributed by atoms with Gasteiger partial charge in [0.2, 0.25) is 0 Å². The molecule has 0 aliphatic heterocycles. The van der Waals surface area contributed by atoms with Crippen LogP contribution in [0, 0.1) is 23.2 Å². The Kier molecular flexibility index (Phi) is 5.79. The Balaban J connectivity index is 2.58. The van der Waals surface area contributed by atoms with Crippen molar-refractivity contribution in [3.63, 3.8) is 0 Å². The summed E-state index contributed by atoms with van der Waals surface area (Å²) >= 11 is 0. The topological polar surface area (TPSA) is 53.0 Å². The smallest absolute Gasteiger partial charge is 0.0666 e. The lowest BCUT2D eigenvalue weighted by atomic mass is 9.83. The molecule has 0 spiro atoms. The number of nitriles is 1. The van der Waals surface area contributed by atoms with Gasteiger partial charge in [0.1, 0.15) is 0 Å². The van der Waals surface area contributed by atoms with Crippen molar-refractivity contribution in [1.29, 1.82) is 5.26 Å². The van der Waals surface area contributed by atoms with Gasteiger partial charge in [-0.25, -0.2) is 0 Å². The van der Waals surface area contributed by atoms with Crippen LogP contribution < -0.4 is 5.73 Å². The Bertz CT molecular complexity index is 234. The predicted molar refractivity (Wildman–Crippen MR) is 66.8 cm³/mol. The molecule has 1 fully saturated rings. The summed E-state index contributed by atoms with van der Waals surface area (Å²) in [5.41, 5.74) is 5.86. The lowest BCUT2D eigenvalue weighted by Crippen LogP contribution is -2.46. The third-order valence-electron chi connectivity index (χ3n) is 3.78. The van der Waals surface area contributed by atoms with Crippen LogP contribution in [0.25, 0.3) is 0 Å². The summed E-state index contributed by atoms with van der Waals surface area (Å²) < 4.78 is 0. The molecular weight excluding hydrogens is 198 g/mol. The molecule has 1 saturated carbocycles. The predicted octanol–water partition coefficient (Wildman–Crippen LogP) is 1.99. The number of hydrogen-bond donors (Lipinski definition) is 1. The Morgan fingerprint density at radius 1 is 1.44 bits per heavy atom. The maximum absolute atomic E-state index is 8.90. The molecule has 0 heterocycles. The van der Waals surface area contributed by atoms with E-state index in [1.165, 1.54) is 25.7 Å². The fourth-order valence-electron chi connectivity index (χ4n) is 2.84. The molecule has 16 heavy (non-hydrogen) atoms. The van der Waals surface area contributed by atoms with Gasteiger partial charge in [0.25, 0.3) is 0 Å². The molecule has 0 saturated heterocycles. The SMILES string of the molecule is CCN(CC(C)C#N)C1CCCCC1CN. The van der Waals surface area contributed by atoms with Crippen molar-refractivity contribution in [2.45, 2.75) is 45.6 Å². The van der Waals surface area contributed by atoms with E-state index in [4.69, 9.17) is 11.0 Å². The first kappa shape index (κ1) is 13.5. The van der Waals surface area contributed by atoms with Gasteiger partial charge < -0.3 is 5.73 Å². The summed E-state index contributed by atoms with van der Waals surface area (Å²) in [6.07, 6.45) is 5.16. The normalized spacial score (nSPS) is 27.7. The van der Waals surface area contributed by atoms with Gasteiger partial charge in [-0.05, 0) is 38.8 Å². The molecule has 2 N–H and O–H groups in total. The van der Waals surface area contributed by atoms with E-state index in [0.717, 1.165) is 19.6 Å². The van der Waals surface area contributed by atoms with Crippen molar-refractivity contribution < 1.29 is 0 Å². The van der Waals surface area contributed by atoms with Crippen LogP contribution in [0.3, 0.4) is 0 Å². The fourth-order valence-corrected chi connectivity index (χ4v) is 2.84. The fraction of sp³-hybridized carbons (Fsp3) is 0.923. The van der Waals surface area contributed by atoms with E-state index >= 15 is 0 Å². The molecule has 0 radical (unpaired) electrons. The highest BCUT2D eigenvalue weighted by atomic mass is 15.2. The van der Waals surface area contributed by atoms with Crippen LogP contribution >= 0.6 is 0 Å². The zero-order valence-corrected chi connectivity index (χ0v) is 10.7. The second kappa shape index (κ2) is 6.88. The molecule has 0 amide bonds. The number of nitrogens with two attached hydrogens (primary N) is 1. The van der Waals surface area contributed by atoms with E-state index in [-0.39, 0.29) is 5.92 Å². The molecule has 92 valence electrons. The molecule has 3 nitrogen and oxygen atoms in total. The van der Waals surface area contributed by atoms with E-state index in [0.29, 0.717) is 12.0 Å². The van der Waals surface area contributed by atoms with Gasteiger partial charge in [0, 0.05) is 12.6 Å². The molecule has 0 aromatic heterocycles. The molecule has 0 aromatic rings. The Morgan fingerprint density at radius 2 is 2.12 bits per heavy atom. The van der Waals surface area contributed by atoms with Gasteiger partial charge in [-0.2, -0.15) is 5.26 Å². The zero-order valence-electron chi connectivity index (χ0n) is 10.7. The summed E-state index contributed by atoms with van der Waals surface area (Å²) in [4.78, 5) is 2.46. The van der Waals surface area contributed by atoms with Crippen LogP contribution in [0.2, 0.25) is 0 Å². The molecule has 0 bridgehead atoms. The van der Waals surface area contributed by atoms with Crippen molar-refractivity contribution in [3.8, 4) is 6.07 Å². The van der Waals surface area contributed by atoms with Gasteiger partial charge in [-0.1, -0.05) is 19.8 Å². The first-order chi connectivity index (χ1) is 7.72. The summed E-state index contributed by atoms with van der Waals surface area (Å²) in [6.45, 7) is 6.92. The monoisotopic (exact) mass is 223 g/mol. The van der Waals surface area contributed by atoms with E-state index in [9.17, 15) is 0 Å². The summed E-state index contributed by atoms with van der Waals surface area (Å²) in [5.74, 6) is 0.764. The van der Waals surface area contributed by atoms with Gasteiger partial charge in [0.15, 0.2) is 0 Å². The number of rotatable bonds is 5. The van der Waals surface area contributed by atoms with Crippen molar-refractivity contribution in [2.75, 3.05) is 19.6 Å². The molecule has 3 heteroatoms. The lowest BCUT2D eigenvalue weighted by molar-refractivity contribution is 0.105. The second-order valence-electron chi connectivity index (χ2n) is 4.97. The van der Waals surface area contributed by atoms with Crippen molar-refractivity contribution >= 4 is 0 Å². The van der Waals surface area contributed by atoms with E-state index in [1.54, 1.807) is 0 Å². The zero-order chi connectivity index (χ0) is 12.0. The number of hydrogen-bond acceptors (Lipinski definition) is 3. The van der Waals surface area contributed by atoms with Crippen LogP contribution in [-0.2, 0) is 0 Å². The lowest BCUT2D eigenvalue weighted by Gasteiger charge is -2.39. The van der Waals surface area contributed by atoms with Crippen molar-refractivity contribution in [3.05, 3.63) is 0 Å². The van der Waals surface area contributed by atoms with Crippen molar-refractivity contribution in [1.82, 2.24) is 4.90 Å². The van der Waals surface area contributed by atoms with E-state index in [2.05, 4.69) is 17.9 Å². The Hall–Kier alpha value is -0.590. The largest absolute Gasteiger partial charge is 0.330 e. The van der Waals surface area contributed by atoms with Gasteiger partial charge in [-0.15, -0.1) is 0 Å². The first-order valence-electron chi connectivity index (χ1n) is 6.56. The van der Waals surface area contributed by atoms with Gasteiger partial charge in [0.05, 0.1) is 12.0 Å². The highest BCUT2D eigenvalue weighted by molar-refractivity contribution is 4.88. The molecule has 1 rings (SSSR count). The maximum atomic E-state index is 8.90. The van der Waals surface area contributed by atoms with Crippen LogP contribution in [-0.4, -0.2) is 30.6 Å². The first-order valence-corrected chi connectivity index (χ1v) is 6.56. The second-order valence-corrected chi connectivity index (χ2v) is 4.97. The molecule has 3 unspecified atom stereocenters. The Labute approximate surface area is 99.6 Å². The minimum Gasteiger partial charge on any atom is -0.330 e. The quantitative estimate of drug-likeness (QED) is 0.775. The molecule has 3 atom stereocenters.